The highest BCUT2D eigenvalue weighted by molar-refractivity contribution is 5.84. The predicted molar refractivity (Wildman–Crippen MR) is 111 cm³/mol. The number of nitrogens with zero attached hydrogens (tertiary/aromatic N) is 5. The van der Waals surface area contributed by atoms with Gasteiger partial charge in [0.25, 0.3) is 0 Å². The molecular formula is C21H22N6O3. The number of aromatic nitrogens is 5. The number of carbonyl (C=O) groups is 1. The van der Waals surface area contributed by atoms with Crippen LogP contribution in [-0.2, 0) is 17.9 Å². The third-order valence-corrected chi connectivity index (χ3v) is 4.76. The fourth-order valence-corrected chi connectivity index (χ4v) is 3.38. The number of imidazole rings is 1. The van der Waals surface area contributed by atoms with Crippen LogP contribution in [0.1, 0.15) is 31.5 Å². The van der Waals surface area contributed by atoms with Crippen molar-refractivity contribution in [3.05, 3.63) is 64.7 Å². The summed E-state index contributed by atoms with van der Waals surface area (Å²) in [4.78, 5) is 34.1. The van der Waals surface area contributed by atoms with Crippen molar-refractivity contribution in [2.75, 3.05) is 0 Å². The van der Waals surface area contributed by atoms with Crippen LogP contribution in [0.3, 0.4) is 0 Å². The van der Waals surface area contributed by atoms with E-state index in [2.05, 4.69) is 20.4 Å². The minimum absolute atomic E-state index is 0.0592. The van der Waals surface area contributed by atoms with E-state index in [1.807, 2.05) is 50.2 Å². The topological polar surface area (TPSA) is 108 Å². The fourth-order valence-electron chi connectivity index (χ4n) is 3.38. The van der Waals surface area contributed by atoms with Gasteiger partial charge in [0.15, 0.2) is 0 Å². The molecule has 30 heavy (non-hydrogen) atoms. The second kappa shape index (κ2) is 7.94. The quantitative estimate of drug-likeness (QED) is 0.527. The van der Waals surface area contributed by atoms with E-state index < -0.39 is 0 Å². The minimum Gasteiger partial charge on any atom is -0.349 e. The summed E-state index contributed by atoms with van der Waals surface area (Å²) in [6.07, 6.45) is 1.67. The van der Waals surface area contributed by atoms with E-state index in [4.69, 9.17) is 4.52 Å². The highest BCUT2D eigenvalue weighted by Crippen LogP contribution is 2.24. The molecule has 0 bridgehead atoms. The first kappa shape index (κ1) is 19.6. The molecule has 154 valence electrons. The van der Waals surface area contributed by atoms with Crippen molar-refractivity contribution in [3.8, 4) is 11.4 Å². The molecule has 1 amide bonds. The van der Waals surface area contributed by atoms with E-state index in [9.17, 15) is 9.59 Å². The van der Waals surface area contributed by atoms with E-state index in [1.54, 1.807) is 17.7 Å². The van der Waals surface area contributed by atoms with Gasteiger partial charge in [0, 0.05) is 24.7 Å². The molecule has 9 heteroatoms. The lowest BCUT2D eigenvalue weighted by Gasteiger charge is -2.06. The molecule has 0 saturated heterocycles. The Morgan fingerprint density at radius 1 is 1.20 bits per heavy atom. The number of amides is 1. The summed E-state index contributed by atoms with van der Waals surface area (Å²) >= 11 is 0. The summed E-state index contributed by atoms with van der Waals surface area (Å²) < 4.78 is 8.21. The van der Waals surface area contributed by atoms with E-state index >= 15 is 0 Å². The first-order chi connectivity index (χ1) is 14.4. The molecule has 0 spiro atoms. The van der Waals surface area contributed by atoms with Gasteiger partial charge in [0.2, 0.25) is 17.6 Å². The summed E-state index contributed by atoms with van der Waals surface area (Å²) in [6, 6.07) is 10.9. The van der Waals surface area contributed by atoms with E-state index in [0.29, 0.717) is 29.3 Å². The van der Waals surface area contributed by atoms with Crippen molar-refractivity contribution in [2.24, 2.45) is 0 Å². The van der Waals surface area contributed by atoms with E-state index in [1.165, 1.54) is 4.57 Å². The molecular weight excluding hydrogens is 384 g/mol. The average molecular weight is 406 g/mol. The van der Waals surface area contributed by atoms with Crippen LogP contribution in [0.25, 0.3) is 22.4 Å². The van der Waals surface area contributed by atoms with Crippen LogP contribution >= 0.6 is 0 Å². The zero-order chi connectivity index (χ0) is 21.3. The number of hydrogen-bond donors (Lipinski definition) is 1. The Kier molecular flexibility index (Phi) is 5.18. The lowest BCUT2D eigenvalue weighted by atomic mass is 10.2. The maximum atomic E-state index is 13.1. The SMILES string of the molecule is Cc1nc(-c2ccc3c(c2)n(CC(=O)NCc2ccccn2)c(=O)n3C(C)C)no1. The summed E-state index contributed by atoms with van der Waals surface area (Å²) in [5.74, 6) is 0.618. The van der Waals surface area contributed by atoms with Gasteiger partial charge in [-0.15, -0.1) is 0 Å². The zero-order valence-electron chi connectivity index (χ0n) is 17.0. The Balaban J connectivity index is 1.69. The van der Waals surface area contributed by atoms with Crippen LogP contribution in [0.4, 0.5) is 0 Å². The molecule has 0 aliphatic rings. The third kappa shape index (κ3) is 3.73. The van der Waals surface area contributed by atoms with Crippen LogP contribution in [-0.4, -0.2) is 30.2 Å². The summed E-state index contributed by atoms with van der Waals surface area (Å²) in [5, 5.41) is 6.76. The standard InChI is InChI=1S/C21H22N6O3/c1-13(2)27-17-8-7-15(20-24-14(3)30-25-20)10-18(17)26(21(27)29)12-19(28)23-11-16-6-4-5-9-22-16/h4-10,13H,11-12H2,1-3H3,(H,23,28). The van der Waals surface area contributed by atoms with E-state index in [0.717, 1.165) is 11.2 Å². The molecule has 0 fully saturated rings. The van der Waals surface area contributed by atoms with Crippen LogP contribution in [0.5, 0.6) is 0 Å². The second-order valence-electron chi connectivity index (χ2n) is 7.27. The van der Waals surface area contributed by atoms with Gasteiger partial charge in [-0.25, -0.2) is 4.79 Å². The minimum atomic E-state index is -0.272. The number of aryl methyl sites for hydroxylation is 1. The molecule has 4 aromatic rings. The molecule has 0 radical (unpaired) electrons. The van der Waals surface area contributed by atoms with Gasteiger partial charge in [-0.1, -0.05) is 11.2 Å². The fraction of sp³-hybridized carbons (Fsp3) is 0.286. The van der Waals surface area contributed by atoms with Crippen LogP contribution in [0.2, 0.25) is 0 Å². The molecule has 3 heterocycles. The van der Waals surface area contributed by atoms with Crippen molar-refractivity contribution < 1.29 is 9.32 Å². The largest absolute Gasteiger partial charge is 0.349 e. The molecule has 0 atom stereocenters. The normalized spacial score (nSPS) is 11.3. The maximum absolute atomic E-state index is 13.1. The molecule has 1 N–H and O–H groups in total. The lowest BCUT2D eigenvalue weighted by Crippen LogP contribution is -2.33. The van der Waals surface area contributed by atoms with E-state index in [-0.39, 0.29) is 24.2 Å². The molecule has 0 aliphatic heterocycles. The van der Waals surface area contributed by atoms with Crippen LogP contribution in [0, 0.1) is 6.92 Å². The molecule has 4 rings (SSSR count). The van der Waals surface area contributed by atoms with Gasteiger partial charge in [-0.3, -0.25) is 18.9 Å². The van der Waals surface area contributed by atoms with Gasteiger partial charge in [-0.05, 0) is 44.2 Å². The molecule has 3 aromatic heterocycles. The van der Waals surface area contributed by atoms with Crippen molar-refractivity contribution in [1.82, 2.24) is 29.6 Å². The van der Waals surface area contributed by atoms with Crippen LogP contribution in [0.15, 0.2) is 51.9 Å². The Labute approximate surface area is 172 Å². The van der Waals surface area contributed by atoms with Gasteiger partial charge < -0.3 is 9.84 Å². The number of rotatable bonds is 6. The monoisotopic (exact) mass is 406 g/mol. The number of carbonyl (C=O) groups excluding carboxylic acids is 1. The molecule has 1 aromatic carbocycles. The average Bonchev–Trinajstić information content (AvgIpc) is 3.28. The molecule has 0 aliphatic carbocycles. The number of pyridine rings is 1. The van der Waals surface area contributed by atoms with Crippen molar-refractivity contribution in [1.29, 1.82) is 0 Å². The smallest absolute Gasteiger partial charge is 0.329 e. The van der Waals surface area contributed by atoms with Crippen molar-refractivity contribution in [2.45, 2.75) is 39.9 Å². The number of nitrogens with one attached hydrogen (secondary N) is 1. The Morgan fingerprint density at radius 3 is 2.70 bits per heavy atom. The third-order valence-electron chi connectivity index (χ3n) is 4.76. The maximum Gasteiger partial charge on any atom is 0.329 e. The molecule has 0 unspecified atom stereocenters. The number of fused-ring (bicyclic) bond motifs is 1. The number of benzene rings is 1. The van der Waals surface area contributed by atoms with Crippen LogP contribution < -0.4 is 11.0 Å². The Hall–Kier alpha value is -3.75. The number of hydrogen-bond acceptors (Lipinski definition) is 6. The molecule has 0 saturated carbocycles. The van der Waals surface area contributed by atoms with Crippen molar-refractivity contribution >= 4 is 16.9 Å². The van der Waals surface area contributed by atoms with Crippen molar-refractivity contribution in [3.63, 3.8) is 0 Å². The lowest BCUT2D eigenvalue weighted by molar-refractivity contribution is -0.121. The van der Waals surface area contributed by atoms with Gasteiger partial charge in [-0.2, -0.15) is 4.98 Å². The summed E-state index contributed by atoms with van der Waals surface area (Å²) in [7, 11) is 0. The summed E-state index contributed by atoms with van der Waals surface area (Å²) in [5.41, 5.74) is 2.60. The highest BCUT2D eigenvalue weighted by atomic mass is 16.5. The van der Waals surface area contributed by atoms with Gasteiger partial charge >= 0.3 is 5.69 Å². The second-order valence-corrected chi connectivity index (χ2v) is 7.27. The predicted octanol–water partition coefficient (Wildman–Crippen LogP) is 2.45. The zero-order valence-corrected chi connectivity index (χ0v) is 17.0. The highest BCUT2D eigenvalue weighted by Gasteiger charge is 2.19. The first-order valence-corrected chi connectivity index (χ1v) is 9.66. The van der Waals surface area contributed by atoms with Gasteiger partial charge in [0.05, 0.1) is 23.3 Å². The Bertz CT molecular complexity index is 1250. The van der Waals surface area contributed by atoms with Gasteiger partial charge in [0.1, 0.15) is 6.54 Å². The first-order valence-electron chi connectivity index (χ1n) is 9.66. The summed E-state index contributed by atoms with van der Waals surface area (Å²) in [6.45, 7) is 5.78. The Morgan fingerprint density at radius 2 is 2.03 bits per heavy atom. The molecule has 9 nitrogen and oxygen atoms in total.